The SMILES string of the molecule is CCOC(=O)C1CCCN(CC=C2C3=C(C=CC(Cl)C3)SCc3ccccc32)C1.O=C(O)C(=O)O. The second-order valence-electron chi connectivity index (χ2n) is 8.45. The van der Waals surface area contributed by atoms with Crippen LogP contribution in [-0.2, 0) is 24.9 Å². The summed E-state index contributed by atoms with van der Waals surface area (Å²) in [4.78, 5) is 34.1. The van der Waals surface area contributed by atoms with Crippen LogP contribution in [0.1, 0.15) is 37.3 Å². The summed E-state index contributed by atoms with van der Waals surface area (Å²) < 4.78 is 5.26. The monoisotopic (exact) mass is 519 g/mol. The number of aliphatic carboxylic acids is 2. The maximum atomic E-state index is 12.2. The highest BCUT2D eigenvalue weighted by Crippen LogP contribution is 2.44. The van der Waals surface area contributed by atoms with Crippen LogP contribution in [0.3, 0.4) is 0 Å². The third-order valence-corrected chi connectivity index (χ3v) is 7.48. The number of rotatable bonds is 4. The molecule has 1 saturated heterocycles. The number of likely N-dealkylation sites (tertiary alicyclic amines) is 1. The fourth-order valence-electron chi connectivity index (χ4n) is 4.39. The van der Waals surface area contributed by atoms with Crippen molar-refractivity contribution in [3.63, 3.8) is 0 Å². The van der Waals surface area contributed by atoms with Gasteiger partial charge in [-0.15, -0.1) is 23.4 Å². The maximum absolute atomic E-state index is 12.2. The summed E-state index contributed by atoms with van der Waals surface area (Å²) in [6.45, 7) is 4.98. The molecule has 0 aromatic heterocycles. The Morgan fingerprint density at radius 1 is 1.23 bits per heavy atom. The Balaban J connectivity index is 0.000000509. The lowest BCUT2D eigenvalue weighted by Crippen LogP contribution is -2.39. The van der Waals surface area contributed by atoms with Gasteiger partial charge >= 0.3 is 17.9 Å². The molecule has 2 atom stereocenters. The summed E-state index contributed by atoms with van der Waals surface area (Å²) in [7, 11) is 0. The third-order valence-electron chi connectivity index (χ3n) is 6.03. The van der Waals surface area contributed by atoms with Gasteiger partial charge in [-0.05, 0) is 55.0 Å². The summed E-state index contributed by atoms with van der Waals surface area (Å²) in [6, 6.07) is 8.71. The van der Waals surface area contributed by atoms with Crippen molar-refractivity contribution in [3.8, 4) is 0 Å². The molecule has 0 spiro atoms. The van der Waals surface area contributed by atoms with Crippen LogP contribution in [-0.4, -0.2) is 64.6 Å². The van der Waals surface area contributed by atoms with Crippen molar-refractivity contribution >= 4 is 46.8 Å². The van der Waals surface area contributed by atoms with Gasteiger partial charge < -0.3 is 14.9 Å². The van der Waals surface area contributed by atoms with Gasteiger partial charge in [-0.25, -0.2) is 9.59 Å². The molecule has 0 amide bonds. The van der Waals surface area contributed by atoms with Crippen LogP contribution in [0.5, 0.6) is 0 Å². The molecule has 0 saturated carbocycles. The van der Waals surface area contributed by atoms with Crippen LogP contribution in [0.4, 0.5) is 0 Å². The summed E-state index contributed by atoms with van der Waals surface area (Å²) in [5.41, 5.74) is 5.37. The lowest BCUT2D eigenvalue weighted by Gasteiger charge is -2.31. The molecule has 3 aliphatic rings. The number of carbonyl (C=O) groups excluding carboxylic acids is 1. The second-order valence-corrected chi connectivity index (χ2v) is 10.0. The van der Waals surface area contributed by atoms with E-state index >= 15 is 0 Å². The number of hydrogen-bond donors (Lipinski definition) is 2. The average molecular weight is 520 g/mol. The van der Waals surface area contributed by atoms with Crippen molar-refractivity contribution in [1.29, 1.82) is 0 Å². The van der Waals surface area contributed by atoms with Gasteiger partial charge in [0, 0.05) is 23.7 Å². The van der Waals surface area contributed by atoms with Gasteiger partial charge in [0.25, 0.3) is 0 Å². The standard InChI is InChI=1S/C24H28ClNO2S.C2H2O4/c1-2-28-24(27)17-7-5-12-26(15-17)13-11-21-20-8-4-3-6-18(20)16-29-23-10-9-19(25)14-22(21)23;3-1(4)2(5)6/h3-4,6,8-11,17,19H,2,5,7,12-16H2,1H3;(H,3,4)(H,5,6). The fourth-order valence-corrected chi connectivity index (χ4v) is 5.72. The van der Waals surface area contributed by atoms with E-state index in [1.54, 1.807) is 0 Å². The van der Waals surface area contributed by atoms with Crippen molar-refractivity contribution in [2.24, 2.45) is 5.92 Å². The van der Waals surface area contributed by atoms with Crippen LogP contribution < -0.4 is 0 Å². The highest BCUT2D eigenvalue weighted by molar-refractivity contribution is 8.02. The topological polar surface area (TPSA) is 104 Å². The van der Waals surface area contributed by atoms with Gasteiger partial charge in [0.1, 0.15) is 0 Å². The first-order chi connectivity index (χ1) is 16.8. The van der Waals surface area contributed by atoms with Gasteiger partial charge in [0.05, 0.1) is 17.9 Å². The van der Waals surface area contributed by atoms with Crippen molar-refractivity contribution < 1.29 is 29.3 Å². The Morgan fingerprint density at radius 2 is 1.97 bits per heavy atom. The quantitative estimate of drug-likeness (QED) is 0.339. The fraction of sp³-hybridized carbons (Fsp3) is 0.423. The number of carboxylic acid groups (broad SMARTS) is 2. The number of thioether (sulfide) groups is 1. The summed E-state index contributed by atoms with van der Waals surface area (Å²) in [5, 5.41) is 14.8. The van der Waals surface area contributed by atoms with Crippen molar-refractivity contribution in [2.45, 2.75) is 37.3 Å². The number of halogens is 1. The Kier molecular flexibility index (Phi) is 10.0. The number of nitrogens with zero attached hydrogens (tertiary/aromatic N) is 1. The number of alkyl halides is 1. The number of hydrogen-bond acceptors (Lipinski definition) is 6. The zero-order valence-electron chi connectivity index (χ0n) is 19.6. The number of benzene rings is 1. The predicted molar refractivity (Wildman–Crippen MR) is 137 cm³/mol. The van der Waals surface area contributed by atoms with E-state index in [1.165, 1.54) is 27.2 Å². The first-order valence-electron chi connectivity index (χ1n) is 11.6. The van der Waals surface area contributed by atoms with Crippen LogP contribution in [0.15, 0.2) is 53.0 Å². The Morgan fingerprint density at radius 3 is 2.69 bits per heavy atom. The van der Waals surface area contributed by atoms with Crippen molar-refractivity contribution in [1.82, 2.24) is 4.90 Å². The Hall–Kier alpha value is -2.55. The summed E-state index contributed by atoms with van der Waals surface area (Å²) in [6.07, 6.45) is 9.50. The van der Waals surface area contributed by atoms with E-state index in [4.69, 9.17) is 36.1 Å². The molecule has 188 valence electrons. The normalized spacial score (nSPS) is 22.9. The molecule has 2 heterocycles. The van der Waals surface area contributed by atoms with E-state index < -0.39 is 11.9 Å². The number of carboxylic acids is 2. The highest BCUT2D eigenvalue weighted by atomic mass is 35.5. The number of carbonyl (C=O) groups is 3. The number of fused-ring (bicyclic) bond motifs is 1. The minimum atomic E-state index is -1.82. The minimum absolute atomic E-state index is 0.00121. The molecule has 2 aliphatic heterocycles. The van der Waals surface area contributed by atoms with Crippen molar-refractivity contribution in [2.75, 3.05) is 26.2 Å². The highest BCUT2D eigenvalue weighted by Gasteiger charge is 2.27. The molecular weight excluding hydrogens is 490 g/mol. The smallest absolute Gasteiger partial charge is 0.414 e. The van der Waals surface area contributed by atoms with Gasteiger partial charge in [-0.2, -0.15) is 0 Å². The van der Waals surface area contributed by atoms with Crippen molar-refractivity contribution in [3.05, 3.63) is 64.1 Å². The molecule has 4 rings (SSSR count). The van der Waals surface area contributed by atoms with E-state index in [0.717, 1.165) is 44.6 Å². The largest absolute Gasteiger partial charge is 0.473 e. The second kappa shape index (κ2) is 13.0. The van der Waals surface area contributed by atoms with Gasteiger partial charge in [-0.3, -0.25) is 9.69 Å². The number of ether oxygens (including phenoxy) is 1. The van der Waals surface area contributed by atoms with Gasteiger partial charge in [0.15, 0.2) is 0 Å². The minimum Gasteiger partial charge on any atom is -0.473 e. The molecule has 1 aliphatic carbocycles. The van der Waals surface area contributed by atoms with E-state index in [1.807, 2.05) is 18.7 Å². The lowest BCUT2D eigenvalue weighted by atomic mass is 9.89. The Labute approximate surface area is 214 Å². The van der Waals surface area contributed by atoms with Crippen LogP contribution in [0, 0.1) is 5.92 Å². The first kappa shape index (κ1) is 27.0. The van der Waals surface area contributed by atoms with E-state index in [0.29, 0.717) is 6.61 Å². The number of allylic oxidation sites excluding steroid dienone is 4. The third kappa shape index (κ3) is 7.46. The molecule has 9 heteroatoms. The van der Waals surface area contributed by atoms with E-state index in [2.05, 4.69) is 47.4 Å². The number of esters is 1. The predicted octanol–water partition coefficient (Wildman–Crippen LogP) is 4.57. The first-order valence-corrected chi connectivity index (χ1v) is 13.0. The molecule has 7 nitrogen and oxygen atoms in total. The van der Waals surface area contributed by atoms with Crippen LogP contribution in [0.2, 0.25) is 0 Å². The molecule has 0 radical (unpaired) electrons. The molecule has 1 fully saturated rings. The average Bonchev–Trinajstić information content (AvgIpc) is 3.00. The zero-order valence-corrected chi connectivity index (χ0v) is 21.2. The van der Waals surface area contributed by atoms with Gasteiger partial charge in [-0.1, -0.05) is 42.5 Å². The molecule has 0 bridgehead atoms. The molecular formula is C26H30ClNO6S. The van der Waals surface area contributed by atoms with Gasteiger partial charge in [0.2, 0.25) is 0 Å². The molecule has 1 aromatic carbocycles. The van der Waals surface area contributed by atoms with E-state index in [-0.39, 0.29) is 17.3 Å². The molecule has 2 unspecified atom stereocenters. The molecule has 1 aromatic rings. The summed E-state index contributed by atoms with van der Waals surface area (Å²) in [5.74, 6) is -2.71. The maximum Gasteiger partial charge on any atom is 0.414 e. The molecule has 35 heavy (non-hydrogen) atoms. The van der Waals surface area contributed by atoms with Crippen LogP contribution in [0.25, 0.3) is 5.57 Å². The Bertz CT molecular complexity index is 1040. The summed E-state index contributed by atoms with van der Waals surface area (Å²) >= 11 is 8.40. The molecule has 2 N–H and O–H groups in total. The lowest BCUT2D eigenvalue weighted by molar-refractivity contribution is -0.159. The van der Waals surface area contributed by atoms with Crippen LogP contribution >= 0.6 is 23.4 Å². The number of piperidine rings is 1. The van der Waals surface area contributed by atoms with E-state index in [9.17, 15) is 4.79 Å². The zero-order chi connectivity index (χ0) is 25.4.